The standard InChI is InChI=1S/C9H17NS/c1-8(2)5-6-9(3,4)11-7-10/h5-8,10H,1-4H3/b6-5-,10-7?. The third-order valence-corrected chi connectivity index (χ3v) is 2.11. The normalized spacial score (nSPS) is 12.8. The van der Waals surface area contributed by atoms with Crippen molar-refractivity contribution in [2.45, 2.75) is 32.4 Å². The lowest BCUT2D eigenvalue weighted by Gasteiger charge is -2.16. The van der Waals surface area contributed by atoms with E-state index in [1.165, 1.54) is 17.3 Å². The lowest BCUT2D eigenvalue weighted by Crippen LogP contribution is -2.10. The fourth-order valence-electron chi connectivity index (χ4n) is 0.615. The van der Waals surface area contributed by atoms with Gasteiger partial charge in [-0.1, -0.05) is 26.0 Å². The molecule has 0 fully saturated rings. The summed E-state index contributed by atoms with van der Waals surface area (Å²) < 4.78 is 0.0754. The SMILES string of the molecule is CC(C)/C=C\C(C)(C)SC=N. The molecule has 1 nitrogen and oxygen atoms in total. The summed E-state index contributed by atoms with van der Waals surface area (Å²) in [5.74, 6) is 0.598. The number of rotatable bonds is 4. The molecule has 11 heavy (non-hydrogen) atoms. The largest absolute Gasteiger partial charge is 0.302 e. The topological polar surface area (TPSA) is 23.9 Å². The number of nitrogens with one attached hydrogen (secondary N) is 1. The van der Waals surface area contributed by atoms with Crippen molar-refractivity contribution in [2.24, 2.45) is 5.92 Å². The van der Waals surface area contributed by atoms with Crippen molar-refractivity contribution in [3.8, 4) is 0 Å². The van der Waals surface area contributed by atoms with Crippen LogP contribution in [-0.4, -0.2) is 10.3 Å². The summed E-state index contributed by atoms with van der Waals surface area (Å²) in [4.78, 5) is 0. The van der Waals surface area contributed by atoms with Gasteiger partial charge in [0, 0.05) is 4.75 Å². The minimum Gasteiger partial charge on any atom is -0.302 e. The van der Waals surface area contributed by atoms with E-state index in [9.17, 15) is 0 Å². The van der Waals surface area contributed by atoms with Gasteiger partial charge in [0.25, 0.3) is 0 Å². The van der Waals surface area contributed by atoms with Crippen molar-refractivity contribution in [1.29, 1.82) is 5.41 Å². The quantitative estimate of drug-likeness (QED) is 0.391. The molecule has 0 bridgehead atoms. The van der Waals surface area contributed by atoms with Gasteiger partial charge in [0.15, 0.2) is 0 Å². The van der Waals surface area contributed by atoms with Gasteiger partial charge in [-0.3, -0.25) is 0 Å². The molecule has 2 heteroatoms. The Bertz CT molecular complexity index is 148. The van der Waals surface area contributed by atoms with Gasteiger partial charge in [-0.25, -0.2) is 0 Å². The number of allylic oxidation sites excluding steroid dienone is 1. The van der Waals surface area contributed by atoms with Crippen molar-refractivity contribution >= 4 is 17.3 Å². The maximum atomic E-state index is 6.95. The Hall–Kier alpha value is -0.240. The van der Waals surface area contributed by atoms with E-state index < -0.39 is 0 Å². The van der Waals surface area contributed by atoms with Gasteiger partial charge in [-0.2, -0.15) is 0 Å². The molecule has 0 atom stereocenters. The molecule has 0 aromatic carbocycles. The van der Waals surface area contributed by atoms with Gasteiger partial charge in [-0.05, 0) is 19.8 Å². The molecule has 0 heterocycles. The number of hydrogen-bond donors (Lipinski definition) is 1. The molecule has 64 valence electrons. The number of thioether (sulfide) groups is 1. The Morgan fingerprint density at radius 1 is 1.36 bits per heavy atom. The predicted molar refractivity (Wildman–Crippen MR) is 54.4 cm³/mol. The zero-order chi connectivity index (χ0) is 8.91. The first kappa shape index (κ1) is 10.8. The average molecular weight is 171 g/mol. The molecule has 0 aliphatic rings. The lowest BCUT2D eigenvalue weighted by molar-refractivity contribution is 0.806. The van der Waals surface area contributed by atoms with Crippen molar-refractivity contribution < 1.29 is 0 Å². The van der Waals surface area contributed by atoms with E-state index in [2.05, 4.69) is 39.8 Å². The Morgan fingerprint density at radius 3 is 2.27 bits per heavy atom. The van der Waals surface area contributed by atoms with Gasteiger partial charge in [0.05, 0.1) is 5.55 Å². The summed E-state index contributed by atoms with van der Waals surface area (Å²) in [5.41, 5.74) is 1.39. The molecule has 0 saturated heterocycles. The van der Waals surface area contributed by atoms with E-state index in [1.807, 2.05) is 0 Å². The fraction of sp³-hybridized carbons (Fsp3) is 0.667. The van der Waals surface area contributed by atoms with E-state index in [0.29, 0.717) is 5.92 Å². The molecule has 0 spiro atoms. The Morgan fingerprint density at radius 2 is 1.91 bits per heavy atom. The van der Waals surface area contributed by atoms with Crippen molar-refractivity contribution in [3.63, 3.8) is 0 Å². The third kappa shape index (κ3) is 6.17. The maximum Gasteiger partial charge on any atom is 0.0514 e. The van der Waals surface area contributed by atoms with Crippen LogP contribution in [0.5, 0.6) is 0 Å². The van der Waals surface area contributed by atoms with Crippen molar-refractivity contribution in [1.82, 2.24) is 0 Å². The average Bonchev–Trinajstić information content (AvgIpc) is 1.84. The van der Waals surface area contributed by atoms with Gasteiger partial charge >= 0.3 is 0 Å². The molecule has 0 aliphatic heterocycles. The second kappa shape index (κ2) is 4.60. The zero-order valence-electron chi connectivity index (χ0n) is 7.72. The first-order valence-corrected chi connectivity index (χ1v) is 4.72. The van der Waals surface area contributed by atoms with E-state index in [-0.39, 0.29) is 4.75 Å². The molecule has 0 amide bonds. The molecule has 0 saturated carbocycles. The van der Waals surface area contributed by atoms with Crippen LogP contribution in [0.15, 0.2) is 12.2 Å². The number of hydrogen-bond acceptors (Lipinski definition) is 2. The summed E-state index contributed by atoms with van der Waals surface area (Å²) in [7, 11) is 0. The summed E-state index contributed by atoms with van der Waals surface area (Å²) >= 11 is 1.53. The Balaban J connectivity index is 3.99. The molecule has 0 aromatic rings. The summed E-state index contributed by atoms with van der Waals surface area (Å²) in [6, 6.07) is 0. The Kier molecular flexibility index (Phi) is 4.50. The molecule has 0 radical (unpaired) electrons. The Labute approximate surface area is 73.8 Å². The smallest absolute Gasteiger partial charge is 0.0514 e. The first-order valence-electron chi connectivity index (χ1n) is 3.84. The molecule has 0 aromatic heterocycles. The summed E-state index contributed by atoms with van der Waals surface area (Å²) in [6.07, 6.45) is 4.34. The summed E-state index contributed by atoms with van der Waals surface area (Å²) in [6.45, 7) is 8.53. The van der Waals surface area contributed by atoms with Crippen molar-refractivity contribution in [3.05, 3.63) is 12.2 Å². The van der Waals surface area contributed by atoms with Gasteiger partial charge in [0.2, 0.25) is 0 Å². The van der Waals surface area contributed by atoms with E-state index in [1.54, 1.807) is 0 Å². The van der Waals surface area contributed by atoms with Crippen LogP contribution in [0.1, 0.15) is 27.7 Å². The van der Waals surface area contributed by atoms with Crippen LogP contribution in [0, 0.1) is 11.3 Å². The van der Waals surface area contributed by atoms with Crippen LogP contribution in [0.3, 0.4) is 0 Å². The third-order valence-electron chi connectivity index (χ3n) is 1.25. The molecular weight excluding hydrogens is 154 g/mol. The minimum atomic E-state index is 0.0754. The second-order valence-electron chi connectivity index (χ2n) is 3.44. The van der Waals surface area contributed by atoms with Crippen LogP contribution in [0.25, 0.3) is 0 Å². The van der Waals surface area contributed by atoms with Gasteiger partial charge in [0.1, 0.15) is 0 Å². The monoisotopic (exact) mass is 171 g/mol. The van der Waals surface area contributed by atoms with Crippen LogP contribution < -0.4 is 0 Å². The van der Waals surface area contributed by atoms with Crippen LogP contribution in [0.4, 0.5) is 0 Å². The highest BCUT2D eigenvalue weighted by Crippen LogP contribution is 2.23. The second-order valence-corrected chi connectivity index (χ2v) is 4.97. The van der Waals surface area contributed by atoms with Gasteiger partial charge in [-0.15, -0.1) is 11.8 Å². The van der Waals surface area contributed by atoms with Crippen LogP contribution in [-0.2, 0) is 0 Å². The molecule has 0 aliphatic carbocycles. The highest BCUT2D eigenvalue weighted by atomic mass is 32.2. The van der Waals surface area contributed by atoms with E-state index in [4.69, 9.17) is 5.41 Å². The molecule has 0 unspecified atom stereocenters. The fourth-order valence-corrected chi connectivity index (χ4v) is 1.08. The van der Waals surface area contributed by atoms with E-state index in [0.717, 1.165) is 0 Å². The molecular formula is C9H17NS. The molecule has 0 rings (SSSR count). The summed E-state index contributed by atoms with van der Waals surface area (Å²) in [5, 5.41) is 6.95. The highest BCUT2D eigenvalue weighted by molar-refractivity contribution is 8.13. The van der Waals surface area contributed by atoms with Crippen molar-refractivity contribution in [2.75, 3.05) is 0 Å². The van der Waals surface area contributed by atoms with Gasteiger partial charge < -0.3 is 5.41 Å². The maximum absolute atomic E-state index is 6.95. The van der Waals surface area contributed by atoms with E-state index >= 15 is 0 Å². The van der Waals surface area contributed by atoms with Crippen LogP contribution >= 0.6 is 11.8 Å². The van der Waals surface area contributed by atoms with Crippen LogP contribution in [0.2, 0.25) is 0 Å². The molecule has 1 N–H and O–H groups in total. The highest BCUT2D eigenvalue weighted by Gasteiger charge is 2.11. The zero-order valence-corrected chi connectivity index (χ0v) is 8.53. The lowest BCUT2D eigenvalue weighted by atomic mass is 10.1. The minimum absolute atomic E-state index is 0.0754. The predicted octanol–water partition coefficient (Wildman–Crippen LogP) is 3.32. The first-order chi connectivity index (χ1) is 4.98.